The smallest absolute Gasteiger partial charge is 0.308 e. The number of carbonyl (C=O) groups is 3. The lowest BCUT2D eigenvalue weighted by atomic mass is 10.1. The van der Waals surface area contributed by atoms with E-state index in [1.165, 1.54) is 4.90 Å². The first kappa shape index (κ1) is 24.1. The van der Waals surface area contributed by atoms with Crippen molar-refractivity contribution in [3.8, 4) is 5.75 Å². The predicted molar refractivity (Wildman–Crippen MR) is 114 cm³/mol. The van der Waals surface area contributed by atoms with Gasteiger partial charge in [0, 0.05) is 24.7 Å². The van der Waals surface area contributed by atoms with Gasteiger partial charge >= 0.3 is 5.97 Å². The van der Waals surface area contributed by atoms with Crippen LogP contribution in [0.2, 0.25) is 0 Å². The molecular formula is C21H29BrN2O6. The van der Waals surface area contributed by atoms with Crippen LogP contribution in [-0.2, 0) is 19.1 Å². The molecule has 1 unspecified atom stereocenters. The summed E-state index contributed by atoms with van der Waals surface area (Å²) in [4.78, 5) is 39.4. The number of esters is 1. The molecule has 0 aromatic heterocycles. The number of benzene rings is 1. The van der Waals surface area contributed by atoms with Crippen LogP contribution in [0.15, 0.2) is 22.7 Å². The lowest BCUT2D eigenvalue weighted by Gasteiger charge is -2.35. The summed E-state index contributed by atoms with van der Waals surface area (Å²) in [5.74, 6) is -0.446. The minimum Gasteiger partial charge on any atom is -0.490 e. The van der Waals surface area contributed by atoms with Crippen LogP contribution in [0.5, 0.6) is 5.75 Å². The van der Waals surface area contributed by atoms with Crippen molar-refractivity contribution in [1.29, 1.82) is 0 Å². The van der Waals surface area contributed by atoms with Gasteiger partial charge in [-0.05, 0) is 30.5 Å². The van der Waals surface area contributed by atoms with E-state index >= 15 is 0 Å². The second kappa shape index (κ2) is 11.9. The van der Waals surface area contributed by atoms with Gasteiger partial charge in [0.25, 0.3) is 5.91 Å². The van der Waals surface area contributed by atoms with Gasteiger partial charge in [-0.2, -0.15) is 0 Å². The third kappa shape index (κ3) is 6.98. The number of hydrogen-bond acceptors (Lipinski definition) is 6. The molecule has 1 aliphatic rings. The summed E-state index contributed by atoms with van der Waals surface area (Å²) in [7, 11) is 1.56. The standard InChI is InChI=1S/C21H29BrN2O6/c1-14(2)6-9-30-19(25)13-17-20(26)23-7-8-24(17)21(27)16-12-15(22)4-5-18(16)29-11-10-28-3/h4-5,12,14,17H,6-11,13H2,1-3H3,(H,23,26). The molecule has 0 spiro atoms. The molecule has 8 nitrogen and oxygen atoms in total. The van der Waals surface area contributed by atoms with Crippen LogP contribution in [0, 0.1) is 5.92 Å². The largest absolute Gasteiger partial charge is 0.490 e. The third-order valence-corrected chi connectivity index (χ3v) is 5.12. The fourth-order valence-corrected chi connectivity index (χ4v) is 3.33. The summed E-state index contributed by atoms with van der Waals surface area (Å²) >= 11 is 3.37. The maximum absolute atomic E-state index is 13.3. The molecule has 1 fully saturated rings. The van der Waals surface area contributed by atoms with E-state index in [-0.39, 0.29) is 24.8 Å². The maximum Gasteiger partial charge on any atom is 0.308 e. The second-order valence-electron chi connectivity index (χ2n) is 7.39. The van der Waals surface area contributed by atoms with Crippen LogP contribution >= 0.6 is 15.9 Å². The first-order valence-electron chi connectivity index (χ1n) is 9.99. The molecule has 9 heteroatoms. The Morgan fingerprint density at radius 1 is 1.27 bits per heavy atom. The number of carbonyl (C=O) groups excluding carboxylic acids is 3. The van der Waals surface area contributed by atoms with Crippen molar-refractivity contribution in [3.05, 3.63) is 28.2 Å². The fourth-order valence-electron chi connectivity index (χ4n) is 2.97. The Labute approximate surface area is 185 Å². The lowest BCUT2D eigenvalue weighted by molar-refractivity contribution is -0.148. The molecule has 1 N–H and O–H groups in total. The zero-order chi connectivity index (χ0) is 22.1. The van der Waals surface area contributed by atoms with Gasteiger partial charge in [-0.1, -0.05) is 29.8 Å². The van der Waals surface area contributed by atoms with E-state index in [0.717, 1.165) is 6.42 Å². The van der Waals surface area contributed by atoms with E-state index < -0.39 is 12.0 Å². The average molecular weight is 485 g/mol. The molecule has 166 valence electrons. The zero-order valence-electron chi connectivity index (χ0n) is 17.6. The minimum atomic E-state index is -0.927. The molecule has 0 aliphatic carbocycles. The lowest BCUT2D eigenvalue weighted by Crippen LogP contribution is -2.57. The van der Waals surface area contributed by atoms with Gasteiger partial charge in [-0.3, -0.25) is 14.4 Å². The van der Waals surface area contributed by atoms with Crippen LogP contribution in [0.25, 0.3) is 0 Å². The number of piperazine rings is 1. The highest BCUT2D eigenvalue weighted by Crippen LogP contribution is 2.26. The van der Waals surface area contributed by atoms with Gasteiger partial charge < -0.3 is 24.4 Å². The van der Waals surface area contributed by atoms with Crippen molar-refractivity contribution in [2.75, 3.05) is 40.0 Å². The number of rotatable bonds is 10. The van der Waals surface area contributed by atoms with Crippen molar-refractivity contribution in [1.82, 2.24) is 10.2 Å². The van der Waals surface area contributed by atoms with Crippen molar-refractivity contribution in [2.24, 2.45) is 5.92 Å². The molecule has 1 aromatic carbocycles. The normalized spacial score (nSPS) is 16.4. The van der Waals surface area contributed by atoms with E-state index in [4.69, 9.17) is 14.2 Å². The van der Waals surface area contributed by atoms with Gasteiger partial charge in [-0.15, -0.1) is 0 Å². The zero-order valence-corrected chi connectivity index (χ0v) is 19.2. The second-order valence-corrected chi connectivity index (χ2v) is 8.31. The summed E-state index contributed by atoms with van der Waals surface area (Å²) in [6, 6.07) is 4.18. The highest BCUT2D eigenvalue weighted by Gasteiger charge is 2.36. The first-order chi connectivity index (χ1) is 14.3. The highest BCUT2D eigenvalue weighted by atomic mass is 79.9. The van der Waals surface area contributed by atoms with Gasteiger partial charge in [-0.25, -0.2) is 0 Å². The number of amides is 2. The van der Waals surface area contributed by atoms with Crippen LogP contribution in [0.4, 0.5) is 0 Å². The van der Waals surface area contributed by atoms with Gasteiger partial charge in [0.1, 0.15) is 18.4 Å². The van der Waals surface area contributed by atoms with E-state index in [1.807, 2.05) is 13.8 Å². The van der Waals surface area contributed by atoms with Crippen molar-refractivity contribution < 1.29 is 28.6 Å². The maximum atomic E-state index is 13.3. The van der Waals surface area contributed by atoms with Crippen LogP contribution in [0.1, 0.15) is 37.0 Å². The molecule has 2 amide bonds. The molecule has 0 bridgehead atoms. The molecule has 30 heavy (non-hydrogen) atoms. The van der Waals surface area contributed by atoms with Crippen LogP contribution in [-0.4, -0.2) is 68.7 Å². The molecule has 1 atom stereocenters. The molecule has 1 saturated heterocycles. The number of halogens is 1. The molecule has 1 aliphatic heterocycles. The molecule has 0 saturated carbocycles. The number of nitrogens with zero attached hydrogens (tertiary/aromatic N) is 1. The summed E-state index contributed by atoms with van der Waals surface area (Å²) in [6.07, 6.45) is 0.551. The van der Waals surface area contributed by atoms with Crippen LogP contribution in [0.3, 0.4) is 0 Å². The number of nitrogens with one attached hydrogen (secondary N) is 1. The number of ether oxygens (including phenoxy) is 3. The van der Waals surface area contributed by atoms with E-state index in [0.29, 0.717) is 48.0 Å². The van der Waals surface area contributed by atoms with E-state index in [9.17, 15) is 14.4 Å². The predicted octanol–water partition coefficient (Wildman–Crippen LogP) is 2.39. The Bertz CT molecular complexity index is 755. The summed E-state index contributed by atoms with van der Waals surface area (Å²) in [5.41, 5.74) is 0.313. The number of hydrogen-bond donors (Lipinski definition) is 1. The summed E-state index contributed by atoms with van der Waals surface area (Å²) in [6.45, 7) is 5.63. The fraction of sp³-hybridized carbons (Fsp3) is 0.571. The quantitative estimate of drug-likeness (QED) is 0.404. The van der Waals surface area contributed by atoms with Crippen molar-refractivity contribution in [3.63, 3.8) is 0 Å². The Hall–Kier alpha value is -2.13. The van der Waals surface area contributed by atoms with E-state index in [1.54, 1.807) is 25.3 Å². The van der Waals surface area contributed by atoms with Gasteiger partial charge in [0.15, 0.2) is 0 Å². The molecule has 1 heterocycles. The SMILES string of the molecule is COCCOc1ccc(Br)cc1C(=O)N1CCNC(=O)C1CC(=O)OCCC(C)C. The van der Waals surface area contributed by atoms with E-state index in [2.05, 4.69) is 21.2 Å². The van der Waals surface area contributed by atoms with Gasteiger partial charge in [0.05, 0.1) is 25.2 Å². The first-order valence-corrected chi connectivity index (χ1v) is 10.8. The topological polar surface area (TPSA) is 94.2 Å². The summed E-state index contributed by atoms with van der Waals surface area (Å²) in [5, 5.41) is 2.72. The molecule has 1 aromatic rings. The Kier molecular flexibility index (Phi) is 9.58. The summed E-state index contributed by atoms with van der Waals surface area (Å²) < 4.78 is 16.6. The Morgan fingerprint density at radius 2 is 2.03 bits per heavy atom. The van der Waals surface area contributed by atoms with Crippen LogP contribution < -0.4 is 10.1 Å². The number of methoxy groups -OCH3 is 1. The third-order valence-electron chi connectivity index (χ3n) is 4.63. The molecular weight excluding hydrogens is 456 g/mol. The minimum absolute atomic E-state index is 0.191. The Balaban J connectivity index is 2.16. The monoisotopic (exact) mass is 484 g/mol. The van der Waals surface area contributed by atoms with Gasteiger partial charge in [0.2, 0.25) is 5.91 Å². The van der Waals surface area contributed by atoms with Crippen molar-refractivity contribution in [2.45, 2.75) is 32.7 Å². The molecule has 2 rings (SSSR count). The average Bonchev–Trinajstić information content (AvgIpc) is 2.70. The Morgan fingerprint density at radius 3 is 2.73 bits per heavy atom. The van der Waals surface area contributed by atoms with Crippen molar-refractivity contribution >= 4 is 33.7 Å². The highest BCUT2D eigenvalue weighted by molar-refractivity contribution is 9.10. The molecule has 0 radical (unpaired) electrons.